The van der Waals surface area contributed by atoms with Crippen LogP contribution in [0, 0.1) is 0 Å². The van der Waals surface area contributed by atoms with Crippen LogP contribution in [0.4, 0.5) is 0 Å². The number of hydrogen-bond donors (Lipinski definition) is 1. The Morgan fingerprint density at radius 3 is 2.17 bits per heavy atom. The molecule has 3 nitrogen and oxygen atoms in total. The van der Waals surface area contributed by atoms with Crippen LogP contribution in [-0.2, 0) is 0 Å². The van der Waals surface area contributed by atoms with Gasteiger partial charge < -0.3 is 10.5 Å². The van der Waals surface area contributed by atoms with Gasteiger partial charge >= 0.3 is 0 Å². The average molecular weight is 311 g/mol. The molecule has 0 saturated heterocycles. The molecule has 0 radical (unpaired) electrons. The van der Waals surface area contributed by atoms with E-state index in [1.165, 1.54) is 38.5 Å². The predicted molar refractivity (Wildman–Crippen MR) is 94.0 cm³/mol. The Morgan fingerprint density at radius 1 is 0.870 bits per heavy atom. The summed E-state index contributed by atoms with van der Waals surface area (Å²) in [7, 11) is 0. The van der Waals surface area contributed by atoms with Gasteiger partial charge in [0.15, 0.2) is 0 Å². The third-order valence-corrected chi connectivity index (χ3v) is 3.87. The third-order valence-electron chi connectivity index (χ3n) is 3.87. The SMILES string of the molecule is NC1CCCCCC1.O=Cc1cccc(Oc2ccccc2)c1. The molecule has 122 valence electrons. The minimum atomic E-state index is 0.525. The zero-order chi connectivity index (χ0) is 16.3. The van der Waals surface area contributed by atoms with Crippen molar-refractivity contribution in [3.8, 4) is 11.5 Å². The summed E-state index contributed by atoms with van der Waals surface area (Å²) >= 11 is 0. The molecule has 1 saturated carbocycles. The van der Waals surface area contributed by atoms with Crippen LogP contribution in [0.3, 0.4) is 0 Å². The summed E-state index contributed by atoms with van der Waals surface area (Å²) in [5.74, 6) is 1.44. The first-order valence-corrected chi connectivity index (χ1v) is 8.31. The molecule has 0 aromatic heterocycles. The van der Waals surface area contributed by atoms with E-state index in [1.807, 2.05) is 36.4 Å². The summed E-state index contributed by atoms with van der Waals surface area (Å²) in [6, 6.07) is 17.1. The van der Waals surface area contributed by atoms with Gasteiger partial charge in [0.25, 0.3) is 0 Å². The molecule has 3 heteroatoms. The lowest BCUT2D eigenvalue weighted by Crippen LogP contribution is -2.17. The fraction of sp³-hybridized carbons (Fsp3) is 0.350. The second kappa shape index (κ2) is 9.80. The van der Waals surface area contributed by atoms with Crippen molar-refractivity contribution in [3.05, 3.63) is 60.2 Å². The highest BCUT2D eigenvalue weighted by Gasteiger charge is 2.05. The van der Waals surface area contributed by atoms with Gasteiger partial charge in [0.1, 0.15) is 17.8 Å². The van der Waals surface area contributed by atoms with Crippen LogP contribution < -0.4 is 10.5 Å². The lowest BCUT2D eigenvalue weighted by atomic mass is 10.1. The summed E-state index contributed by atoms with van der Waals surface area (Å²) in [4.78, 5) is 10.6. The minimum Gasteiger partial charge on any atom is -0.457 e. The number of aldehydes is 1. The number of para-hydroxylation sites is 1. The Balaban J connectivity index is 0.000000203. The Kier molecular flexibility index (Phi) is 7.34. The highest BCUT2D eigenvalue weighted by molar-refractivity contribution is 5.75. The molecular formula is C20H25NO2. The second-order valence-corrected chi connectivity index (χ2v) is 5.86. The Labute approximate surface area is 138 Å². The molecule has 0 spiro atoms. The van der Waals surface area contributed by atoms with Crippen LogP contribution in [0.25, 0.3) is 0 Å². The van der Waals surface area contributed by atoms with Crippen molar-refractivity contribution in [2.75, 3.05) is 0 Å². The number of carbonyl (C=O) groups is 1. The van der Waals surface area contributed by atoms with Gasteiger partial charge in [-0.1, -0.05) is 56.0 Å². The second-order valence-electron chi connectivity index (χ2n) is 5.86. The van der Waals surface area contributed by atoms with Crippen LogP contribution in [0.5, 0.6) is 11.5 Å². The van der Waals surface area contributed by atoms with Gasteiger partial charge in [-0.3, -0.25) is 4.79 Å². The van der Waals surface area contributed by atoms with E-state index in [0.717, 1.165) is 12.0 Å². The molecule has 0 aliphatic heterocycles. The highest BCUT2D eigenvalue weighted by Crippen LogP contribution is 2.21. The van der Waals surface area contributed by atoms with Gasteiger partial charge in [-0.05, 0) is 37.1 Å². The van der Waals surface area contributed by atoms with Crippen molar-refractivity contribution in [1.82, 2.24) is 0 Å². The van der Waals surface area contributed by atoms with Crippen molar-refractivity contribution < 1.29 is 9.53 Å². The third kappa shape index (κ3) is 6.66. The van der Waals surface area contributed by atoms with E-state index in [-0.39, 0.29) is 0 Å². The molecule has 0 unspecified atom stereocenters. The fourth-order valence-corrected chi connectivity index (χ4v) is 2.59. The quantitative estimate of drug-likeness (QED) is 0.644. The van der Waals surface area contributed by atoms with E-state index in [0.29, 0.717) is 17.4 Å². The van der Waals surface area contributed by atoms with Gasteiger partial charge in [0, 0.05) is 11.6 Å². The molecule has 1 aliphatic carbocycles. The lowest BCUT2D eigenvalue weighted by molar-refractivity contribution is 0.112. The van der Waals surface area contributed by atoms with Crippen molar-refractivity contribution in [2.45, 2.75) is 44.6 Å². The van der Waals surface area contributed by atoms with Crippen LogP contribution >= 0.6 is 0 Å². The molecule has 23 heavy (non-hydrogen) atoms. The molecule has 0 bridgehead atoms. The van der Waals surface area contributed by atoms with Crippen molar-refractivity contribution in [1.29, 1.82) is 0 Å². The molecule has 0 heterocycles. The Hall–Kier alpha value is -2.13. The van der Waals surface area contributed by atoms with Gasteiger partial charge in [0.2, 0.25) is 0 Å². The first-order valence-electron chi connectivity index (χ1n) is 8.31. The van der Waals surface area contributed by atoms with Gasteiger partial charge in [-0.25, -0.2) is 0 Å². The first-order chi connectivity index (χ1) is 11.3. The van der Waals surface area contributed by atoms with E-state index in [1.54, 1.807) is 18.2 Å². The van der Waals surface area contributed by atoms with E-state index in [4.69, 9.17) is 10.5 Å². The molecular weight excluding hydrogens is 286 g/mol. The van der Waals surface area contributed by atoms with Crippen molar-refractivity contribution >= 4 is 6.29 Å². The van der Waals surface area contributed by atoms with Crippen LogP contribution in [0.1, 0.15) is 48.9 Å². The van der Waals surface area contributed by atoms with Crippen molar-refractivity contribution in [3.63, 3.8) is 0 Å². The number of carbonyl (C=O) groups excluding carboxylic acids is 1. The maximum absolute atomic E-state index is 10.6. The van der Waals surface area contributed by atoms with Gasteiger partial charge in [-0.2, -0.15) is 0 Å². The Bertz CT molecular complexity index is 575. The zero-order valence-corrected chi connectivity index (χ0v) is 13.5. The summed E-state index contributed by atoms with van der Waals surface area (Å²) in [5.41, 5.74) is 6.35. The van der Waals surface area contributed by atoms with Crippen LogP contribution in [0.15, 0.2) is 54.6 Å². The minimum absolute atomic E-state index is 0.525. The zero-order valence-electron chi connectivity index (χ0n) is 13.5. The van der Waals surface area contributed by atoms with E-state index < -0.39 is 0 Å². The first kappa shape index (κ1) is 17.2. The maximum Gasteiger partial charge on any atom is 0.150 e. The largest absolute Gasteiger partial charge is 0.457 e. The van der Waals surface area contributed by atoms with E-state index in [2.05, 4.69) is 0 Å². The maximum atomic E-state index is 10.6. The number of nitrogens with two attached hydrogens (primary N) is 1. The number of hydrogen-bond acceptors (Lipinski definition) is 3. The monoisotopic (exact) mass is 311 g/mol. The summed E-state index contributed by atoms with van der Waals surface area (Å²) in [5, 5.41) is 0. The molecule has 2 N–H and O–H groups in total. The lowest BCUT2D eigenvalue weighted by Gasteiger charge is -2.04. The van der Waals surface area contributed by atoms with Crippen LogP contribution in [0.2, 0.25) is 0 Å². The standard InChI is InChI=1S/C13H10O2.C7H15N/c14-10-11-5-4-8-13(9-11)15-12-6-2-1-3-7-12;8-7-5-3-1-2-4-6-7/h1-10H;7H,1-6,8H2. The molecule has 2 aromatic carbocycles. The summed E-state index contributed by atoms with van der Waals surface area (Å²) in [6.45, 7) is 0. The predicted octanol–water partition coefficient (Wildman–Crippen LogP) is 4.96. The van der Waals surface area contributed by atoms with E-state index >= 15 is 0 Å². The topological polar surface area (TPSA) is 52.3 Å². The van der Waals surface area contributed by atoms with Crippen molar-refractivity contribution in [2.24, 2.45) is 5.73 Å². The molecule has 0 atom stereocenters. The fourth-order valence-electron chi connectivity index (χ4n) is 2.59. The Morgan fingerprint density at radius 2 is 1.52 bits per heavy atom. The van der Waals surface area contributed by atoms with Gasteiger partial charge in [-0.15, -0.1) is 0 Å². The van der Waals surface area contributed by atoms with Crippen LogP contribution in [-0.4, -0.2) is 12.3 Å². The highest BCUT2D eigenvalue weighted by atomic mass is 16.5. The average Bonchev–Trinajstić information content (AvgIpc) is 2.84. The molecule has 1 aliphatic rings. The number of ether oxygens (including phenoxy) is 1. The summed E-state index contributed by atoms with van der Waals surface area (Å²) in [6.07, 6.45) is 8.88. The molecule has 0 amide bonds. The van der Waals surface area contributed by atoms with E-state index in [9.17, 15) is 4.79 Å². The number of benzene rings is 2. The normalized spacial score (nSPS) is 15.0. The molecule has 1 fully saturated rings. The summed E-state index contributed by atoms with van der Waals surface area (Å²) < 4.78 is 5.56. The van der Waals surface area contributed by atoms with Gasteiger partial charge in [0.05, 0.1) is 0 Å². The molecule has 3 rings (SSSR count). The number of rotatable bonds is 3. The molecule has 2 aromatic rings. The smallest absolute Gasteiger partial charge is 0.150 e.